The summed E-state index contributed by atoms with van der Waals surface area (Å²) < 4.78 is 0. The topological polar surface area (TPSA) is 382 Å². The van der Waals surface area contributed by atoms with E-state index in [1.54, 1.807) is 41.5 Å². The monoisotopic (exact) mass is 960 g/mol. The Labute approximate surface area is 396 Å². The molecule has 10 atom stereocenters. The third-order valence-corrected chi connectivity index (χ3v) is 11.5. The number of aromatic amines is 1. The predicted molar refractivity (Wildman–Crippen MR) is 249 cm³/mol. The molecule has 1 aromatic carbocycles. The van der Waals surface area contributed by atoms with Gasteiger partial charge in [0.1, 0.15) is 54.1 Å². The van der Waals surface area contributed by atoms with E-state index < -0.39 is 121 Å². The van der Waals surface area contributed by atoms with E-state index in [4.69, 9.17) is 11.5 Å². The van der Waals surface area contributed by atoms with Crippen molar-refractivity contribution < 1.29 is 58.8 Å². The summed E-state index contributed by atoms with van der Waals surface area (Å²) in [7, 11) is 0. The van der Waals surface area contributed by atoms with Crippen LogP contribution >= 0.6 is 0 Å². The molecule has 0 saturated heterocycles. The lowest BCUT2D eigenvalue weighted by molar-refractivity contribution is -0.143. The van der Waals surface area contributed by atoms with E-state index in [0.717, 1.165) is 0 Å². The second-order valence-electron chi connectivity index (χ2n) is 17.4. The third kappa shape index (κ3) is 19.2. The Balaban J connectivity index is 2.41. The minimum absolute atomic E-state index is 0.00628. The molecule has 0 aliphatic heterocycles. The number of hydrogen-bond donors (Lipinski definition) is 14. The number of aromatic nitrogens is 2. The van der Waals surface area contributed by atoms with Gasteiger partial charge in [0.15, 0.2) is 0 Å². The summed E-state index contributed by atoms with van der Waals surface area (Å²) in [6, 6.07) is -4.99. The number of phenols is 1. The molecule has 1 heterocycles. The van der Waals surface area contributed by atoms with E-state index in [2.05, 4.69) is 47.2 Å². The van der Waals surface area contributed by atoms with Crippen LogP contribution in [0.15, 0.2) is 36.8 Å². The Hall–Kier alpha value is -6.17. The summed E-state index contributed by atoms with van der Waals surface area (Å²) in [4.78, 5) is 115. The molecule has 0 bridgehead atoms. The number of aliphatic hydroxyl groups is 2. The Morgan fingerprint density at radius 1 is 0.632 bits per heavy atom. The first kappa shape index (κ1) is 58.0. The van der Waals surface area contributed by atoms with Gasteiger partial charge < -0.3 is 74.1 Å². The number of aliphatic hydroxyl groups excluding tert-OH is 2. The normalized spacial score (nSPS) is 15.7. The number of phenolic OH excluding ortho intramolecular Hbond substituents is 1. The van der Waals surface area contributed by atoms with Gasteiger partial charge in [-0.2, -0.15) is 0 Å². The van der Waals surface area contributed by atoms with Gasteiger partial charge in [0.25, 0.3) is 0 Å². The summed E-state index contributed by atoms with van der Waals surface area (Å²) in [6.07, 6.45) is 4.17. The number of imidazole rings is 1. The SMILES string of the molecule is CC[C@H](C)[C@H](NC(=O)[C@H](Cc1ccc(O)cc1)NC(=O)[C@H](CCCCN)NC(=O)[C@H](CO)NC(=O)[C@@H](NC(=O)[C@H](Cc1cnc[nH]1)NC(=O)[C@@H](N)CO)[C@@H](C)CC)C(=O)N[C@@H](CC(C)C)C(=O)O. The maximum Gasteiger partial charge on any atom is 0.326 e. The lowest BCUT2D eigenvalue weighted by atomic mass is 9.96. The molecule has 2 rings (SSSR count). The number of carbonyl (C=O) groups excluding carboxylic acids is 7. The summed E-state index contributed by atoms with van der Waals surface area (Å²) in [5, 5.41) is 57.5. The average molecular weight is 960 g/mol. The molecule has 0 unspecified atom stereocenters. The van der Waals surface area contributed by atoms with Crippen molar-refractivity contribution in [1.82, 2.24) is 47.2 Å². The van der Waals surface area contributed by atoms with Crippen LogP contribution in [0, 0.1) is 17.8 Å². The molecule has 0 aliphatic carbocycles. The number of nitrogens with one attached hydrogen (secondary N) is 8. The minimum atomic E-state index is -1.66. The second-order valence-corrected chi connectivity index (χ2v) is 17.4. The van der Waals surface area contributed by atoms with Crippen LogP contribution in [0.1, 0.15) is 91.3 Å². The molecule has 68 heavy (non-hydrogen) atoms. The number of carbonyl (C=O) groups is 8. The highest BCUT2D eigenvalue weighted by Crippen LogP contribution is 2.16. The van der Waals surface area contributed by atoms with Crippen LogP contribution in [0.25, 0.3) is 0 Å². The van der Waals surface area contributed by atoms with E-state index in [0.29, 0.717) is 36.9 Å². The van der Waals surface area contributed by atoms with Gasteiger partial charge in [-0.15, -0.1) is 0 Å². The zero-order chi connectivity index (χ0) is 51.1. The van der Waals surface area contributed by atoms with Gasteiger partial charge in [-0.25, -0.2) is 9.78 Å². The van der Waals surface area contributed by atoms with Crippen LogP contribution in [-0.4, -0.2) is 146 Å². The maximum atomic E-state index is 14.2. The van der Waals surface area contributed by atoms with E-state index in [1.807, 2.05) is 0 Å². The van der Waals surface area contributed by atoms with Crippen LogP contribution < -0.4 is 48.7 Å². The minimum Gasteiger partial charge on any atom is -0.508 e. The summed E-state index contributed by atoms with van der Waals surface area (Å²) in [5.41, 5.74) is 12.3. The Bertz CT molecular complexity index is 1940. The maximum absolute atomic E-state index is 14.2. The fourth-order valence-electron chi connectivity index (χ4n) is 6.89. The summed E-state index contributed by atoms with van der Waals surface area (Å²) in [5.74, 6) is -8.33. The molecule has 2 aromatic rings. The number of carboxylic acids is 1. The quantitative estimate of drug-likeness (QED) is 0.0362. The van der Waals surface area contributed by atoms with E-state index in [9.17, 15) is 58.8 Å². The number of amides is 7. The highest BCUT2D eigenvalue weighted by molar-refractivity contribution is 5.98. The van der Waals surface area contributed by atoms with E-state index >= 15 is 0 Å². The number of carboxylic acid groups (broad SMARTS) is 1. The zero-order valence-corrected chi connectivity index (χ0v) is 39.7. The molecule has 7 amide bonds. The largest absolute Gasteiger partial charge is 0.508 e. The Morgan fingerprint density at radius 2 is 1.12 bits per heavy atom. The van der Waals surface area contributed by atoms with Crippen molar-refractivity contribution in [3.8, 4) is 5.75 Å². The van der Waals surface area contributed by atoms with Crippen molar-refractivity contribution in [2.45, 2.75) is 141 Å². The zero-order valence-electron chi connectivity index (χ0n) is 39.7. The second kappa shape index (κ2) is 29.6. The molecule has 0 aliphatic rings. The lowest BCUT2D eigenvalue weighted by Gasteiger charge is -2.29. The highest BCUT2D eigenvalue weighted by atomic mass is 16.4. The molecular weight excluding hydrogens is 887 g/mol. The number of nitrogens with zero attached hydrogens (tertiary/aromatic N) is 1. The highest BCUT2D eigenvalue weighted by Gasteiger charge is 2.36. The van der Waals surface area contributed by atoms with Crippen molar-refractivity contribution in [3.05, 3.63) is 48.0 Å². The van der Waals surface area contributed by atoms with Gasteiger partial charge in [-0.3, -0.25) is 33.6 Å². The van der Waals surface area contributed by atoms with Crippen LogP contribution in [0.5, 0.6) is 5.75 Å². The molecule has 0 spiro atoms. The number of hydrogen-bond acceptors (Lipinski definition) is 14. The Kier molecular flexibility index (Phi) is 25.2. The molecule has 0 saturated carbocycles. The van der Waals surface area contributed by atoms with Gasteiger partial charge in [-0.05, 0) is 67.7 Å². The first-order valence-electron chi connectivity index (χ1n) is 23.0. The van der Waals surface area contributed by atoms with Crippen LogP contribution in [0.3, 0.4) is 0 Å². The van der Waals surface area contributed by atoms with Crippen molar-refractivity contribution >= 4 is 47.3 Å². The molecule has 380 valence electrons. The van der Waals surface area contributed by atoms with E-state index in [1.165, 1.54) is 36.8 Å². The van der Waals surface area contributed by atoms with Crippen molar-refractivity contribution in [2.24, 2.45) is 29.2 Å². The molecule has 16 N–H and O–H groups in total. The summed E-state index contributed by atoms with van der Waals surface area (Å²) in [6.45, 7) is 9.08. The molecule has 0 radical (unpaired) electrons. The number of unbranched alkanes of at least 4 members (excludes halogenated alkanes) is 1. The van der Waals surface area contributed by atoms with Crippen molar-refractivity contribution in [3.63, 3.8) is 0 Å². The predicted octanol–water partition coefficient (Wildman–Crippen LogP) is -2.04. The fourth-order valence-corrected chi connectivity index (χ4v) is 6.89. The Morgan fingerprint density at radius 3 is 1.59 bits per heavy atom. The average Bonchev–Trinajstić information content (AvgIpc) is 3.83. The molecule has 23 heteroatoms. The standard InChI is InChI=1S/C45H73N11O12/c1-7-25(5)36(43(65)53-34(45(67)68)17-24(3)4)55-40(62)32(18-27-12-14-29(59)15-13-27)52-39(61)31(11-9-10-16-46)50-42(64)35(22-58)54-44(66)37(26(6)8-2)56-41(63)33(19-28-20-48-23-49-28)51-38(60)30(47)21-57/h12-15,20,23-26,30-37,57-59H,7-11,16-19,21-22,46-47H2,1-6H3,(H,48,49)(H,50,64)(H,51,60)(H,52,61)(H,53,65)(H,54,66)(H,55,62)(H,56,63)(H,67,68)/t25-,26-,30-,31-,32-,33-,34-,35-,36-,37-/m0/s1. The first-order chi connectivity index (χ1) is 32.2. The number of nitrogens with two attached hydrogens (primary N) is 2. The van der Waals surface area contributed by atoms with Gasteiger partial charge in [0.05, 0.1) is 19.5 Å². The van der Waals surface area contributed by atoms with Crippen LogP contribution in [-0.2, 0) is 51.2 Å². The molecule has 1 aromatic heterocycles. The fraction of sp³-hybridized carbons (Fsp3) is 0.622. The summed E-state index contributed by atoms with van der Waals surface area (Å²) >= 11 is 0. The lowest BCUT2D eigenvalue weighted by Crippen LogP contribution is -2.62. The van der Waals surface area contributed by atoms with Crippen LogP contribution in [0.2, 0.25) is 0 Å². The number of aromatic hydroxyl groups is 1. The number of rotatable bonds is 31. The smallest absolute Gasteiger partial charge is 0.326 e. The van der Waals surface area contributed by atoms with Crippen molar-refractivity contribution in [2.75, 3.05) is 19.8 Å². The van der Waals surface area contributed by atoms with Gasteiger partial charge in [-0.1, -0.05) is 66.5 Å². The van der Waals surface area contributed by atoms with Crippen LogP contribution in [0.4, 0.5) is 0 Å². The van der Waals surface area contributed by atoms with Crippen molar-refractivity contribution in [1.29, 1.82) is 0 Å². The van der Waals surface area contributed by atoms with Gasteiger partial charge in [0.2, 0.25) is 41.4 Å². The number of H-pyrrole nitrogens is 1. The third-order valence-electron chi connectivity index (χ3n) is 11.5. The van der Waals surface area contributed by atoms with Gasteiger partial charge >= 0.3 is 5.97 Å². The number of aliphatic carboxylic acids is 1. The molecule has 23 nitrogen and oxygen atoms in total. The number of benzene rings is 1. The van der Waals surface area contributed by atoms with Gasteiger partial charge in [0, 0.05) is 24.7 Å². The molecular formula is C45H73N11O12. The first-order valence-corrected chi connectivity index (χ1v) is 23.0. The molecule has 0 fully saturated rings. The van der Waals surface area contributed by atoms with E-state index in [-0.39, 0.29) is 43.9 Å².